The molecule has 0 radical (unpaired) electrons. The third-order valence-electron chi connectivity index (χ3n) is 8.25. The van der Waals surface area contributed by atoms with E-state index < -0.39 is 45.8 Å². The van der Waals surface area contributed by atoms with Gasteiger partial charge in [0.15, 0.2) is 0 Å². The Bertz CT molecular complexity index is 1190. The highest BCUT2D eigenvalue weighted by molar-refractivity contribution is 7.47. The molecule has 3 atom stereocenters. The molecule has 0 heterocycles. The van der Waals surface area contributed by atoms with Crippen molar-refractivity contribution in [1.82, 2.24) is 0 Å². The van der Waals surface area contributed by atoms with Crippen molar-refractivity contribution >= 4 is 13.8 Å². The Morgan fingerprint density at radius 3 is 1.55 bits per heavy atom. The maximum absolute atomic E-state index is 12.6. The van der Waals surface area contributed by atoms with Gasteiger partial charge >= 0.3 is 13.8 Å². The maximum Gasteiger partial charge on any atom is 0.472 e. The first-order valence-corrected chi connectivity index (χ1v) is 22.7. The quantitative estimate of drug-likeness (QED) is 0.0240. The lowest BCUT2D eigenvalue weighted by Crippen LogP contribution is -2.29. The predicted octanol–water partition coefficient (Wildman–Crippen LogP) is 11.7. The monoisotopic (exact) mass is 805 g/mol. The van der Waals surface area contributed by atoms with E-state index in [-0.39, 0.29) is 13.0 Å². The average Bonchev–Trinajstić information content (AvgIpc) is 3.19. The summed E-state index contributed by atoms with van der Waals surface area (Å²) in [6.45, 7) is 3.24. The van der Waals surface area contributed by atoms with Crippen molar-refractivity contribution in [2.45, 2.75) is 154 Å². The van der Waals surface area contributed by atoms with Gasteiger partial charge in [0.05, 0.1) is 26.4 Å². The number of phosphoric acid groups is 1. The third-order valence-corrected chi connectivity index (χ3v) is 9.20. The molecule has 0 aromatic rings. The average molecular weight is 805 g/mol. The van der Waals surface area contributed by atoms with Gasteiger partial charge in [-0.2, -0.15) is 0 Å². The number of aliphatic hydroxyl groups is 2. The molecular formula is C46H77O9P. The van der Waals surface area contributed by atoms with Crippen LogP contribution in [-0.4, -0.2) is 66.3 Å². The van der Waals surface area contributed by atoms with Gasteiger partial charge in [0, 0.05) is 13.0 Å². The number of esters is 1. The van der Waals surface area contributed by atoms with Gasteiger partial charge in [0.1, 0.15) is 12.2 Å². The second kappa shape index (κ2) is 42.0. The molecule has 9 nitrogen and oxygen atoms in total. The molecule has 0 bridgehead atoms. The summed E-state index contributed by atoms with van der Waals surface area (Å²) in [4.78, 5) is 22.5. The van der Waals surface area contributed by atoms with Crippen LogP contribution in [0.4, 0.5) is 0 Å². The van der Waals surface area contributed by atoms with E-state index in [2.05, 4.69) is 105 Å². The Balaban J connectivity index is 4.32. The first kappa shape index (κ1) is 53.4. The second-order valence-corrected chi connectivity index (χ2v) is 15.1. The number of unbranched alkanes of at least 4 members (excludes halogenated alkanes) is 9. The van der Waals surface area contributed by atoms with Gasteiger partial charge in [-0.1, -0.05) is 150 Å². The van der Waals surface area contributed by atoms with Crippen LogP contribution in [-0.2, 0) is 27.9 Å². The van der Waals surface area contributed by atoms with Crippen LogP contribution in [0.5, 0.6) is 0 Å². The van der Waals surface area contributed by atoms with E-state index in [4.69, 9.17) is 23.6 Å². The van der Waals surface area contributed by atoms with Crippen molar-refractivity contribution in [3.8, 4) is 0 Å². The molecule has 0 rings (SSSR count). The number of carbonyl (C=O) groups is 1. The Morgan fingerprint density at radius 2 is 1.02 bits per heavy atom. The molecule has 56 heavy (non-hydrogen) atoms. The smallest absolute Gasteiger partial charge is 0.457 e. The van der Waals surface area contributed by atoms with Crippen LogP contribution >= 0.6 is 7.82 Å². The molecule has 0 aromatic heterocycles. The molecule has 0 spiro atoms. The molecule has 10 heteroatoms. The summed E-state index contributed by atoms with van der Waals surface area (Å²) in [7, 11) is -4.54. The fraction of sp³-hybridized carbons (Fsp3) is 0.630. The molecule has 0 aliphatic rings. The summed E-state index contributed by atoms with van der Waals surface area (Å²) in [5, 5.41) is 18.3. The Labute approximate surface area is 340 Å². The number of ether oxygens (including phenoxy) is 2. The zero-order chi connectivity index (χ0) is 41.1. The van der Waals surface area contributed by atoms with Gasteiger partial charge in [-0.15, -0.1) is 0 Å². The number of rotatable bonds is 39. The summed E-state index contributed by atoms with van der Waals surface area (Å²) < 4.78 is 33.2. The summed E-state index contributed by atoms with van der Waals surface area (Å²) >= 11 is 0. The van der Waals surface area contributed by atoms with E-state index in [1.54, 1.807) is 0 Å². The Hall–Kier alpha value is -2.62. The minimum atomic E-state index is -4.54. The molecule has 0 aromatic carbocycles. The summed E-state index contributed by atoms with van der Waals surface area (Å²) in [5.74, 6) is -0.447. The van der Waals surface area contributed by atoms with E-state index in [0.29, 0.717) is 13.0 Å². The second-order valence-electron chi connectivity index (χ2n) is 13.6. The molecule has 0 saturated heterocycles. The highest BCUT2D eigenvalue weighted by Gasteiger charge is 2.26. The van der Waals surface area contributed by atoms with E-state index in [0.717, 1.165) is 77.0 Å². The molecule has 0 fully saturated rings. The number of carbonyl (C=O) groups excluding carboxylic acids is 1. The number of phosphoric ester groups is 1. The van der Waals surface area contributed by atoms with Crippen molar-refractivity contribution in [3.05, 3.63) is 97.2 Å². The minimum absolute atomic E-state index is 0.0151. The summed E-state index contributed by atoms with van der Waals surface area (Å²) in [6.07, 6.45) is 52.3. The van der Waals surface area contributed by atoms with Gasteiger partial charge in [0.2, 0.25) is 0 Å². The number of hydrogen-bond donors (Lipinski definition) is 3. The normalized spacial score (nSPS) is 15.0. The lowest BCUT2D eigenvalue weighted by molar-refractivity contribution is -0.154. The first-order valence-electron chi connectivity index (χ1n) is 21.2. The third kappa shape index (κ3) is 41.0. The first-order chi connectivity index (χ1) is 27.3. The van der Waals surface area contributed by atoms with Crippen LogP contribution in [0.15, 0.2) is 97.2 Å². The van der Waals surface area contributed by atoms with Crippen molar-refractivity contribution in [2.24, 2.45) is 0 Å². The van der Waals surface area contributed by atoms with E-state index in [9.17, 15) is 19.4 Å². The van der Waals surface area contributed by atoms with Crippen LogP contribution in [0.1, 0.15) is 142 Å². The maximum atomic E-state index is 12.6. The van der Waals surface area contributed by atoms with Gasteiger partial charge in [-0.3, -0.25) is 13.8 Å². The van der Waals surface area contributed by atoms with Gasteiger partial charge in [0.25, 0.3) is 0 Å². The van der Waals surface area contributed by atoms with Gasteiger partial charge in [-0.05, 0) is 83.5 Å². The zero-order valence-corrected chi connectivity index (χ0v) is 35.7. The van der Waals surface area contributed by atoms with Crippen molar-refractivity contribution in [1.29, 1.82) is 0 Å². The summed E-state index contributed by atoms with van der Waals surface area (Å²) in [5.41, 5.74) is 0. The Morgan fingerprint density at radius 1 is 0.571 bits per heavy atom. The lowest BCUT2D eigenvalue weighted by atomic mass is 10.1. The molecule has 0 aliphatic carbocycles. The van der Waals surface area contributed by atoms with Gasteiger partial charge < -0.3 is 24.6 Å². The van der Waals surface area contributed by atoms with Crippen LogP contribution in [0, 0.1) is 0 Å². The van der Waals surface area contributed by atoms with Crippen LogP contribution in [0.3, 0.4) is 0 Å². The lowest BCUT2D eigenvalue weighted by Gasteiger charge is -2.20. The fourth-order valence-corrected chi connectivity index (χ4v) is 5.82. The topological polar surface area (TPSA) is 132 Å². The van der Waals surface area contributed by atoms with Gasteiger partial charge in [-0.25, -0.2) is 4.57 Å². The molecular weight excluding hydrogens is 727 g/mol. The molecule has 3 N–H and O–H groups in total. The largest absolute Gasteiger partial charge is 0.472 e. The standard InChI is InChI=1S/C46H77O9P/c1-3-5-7-9-11-13-15-17-18-19-20-21-22-23-24-25-26-27-28-30-32-34-36-38-46(49)55-45(43-54-56(50,51)53-41-44(48)40-47)42-52-39-37-35-33-31-29-16-14-12-10-8-6-4-2/h5,7,10-13,17-18,20-21,23-24,26-27,30,32,44-45,47-48H,3-4,6,8-9,14-16,19,22,25,28-29,31,33-43H2,1-2H3,(H,50,51)/b7-5-,12-10-,13-11-,18-17-,21-20-,24-23-,27-26-,32-30-. The number of aliphatic hydroxyl groups excluding tert-OH is 2. The molecule has 0 amide bonds. The van der Waals surface area contributed by atoms with Crippen LogP contribution < -0.4 is 0 Å². The Kier molecular flexibility index (Phi) is 40.0. The highest BCUT2D eigenvalue weighted by atomic mass is 31.2. The van der Waals surface area contributed by atoms with Crippen LogP contribution in [0.25, 0.3) is 0 Å². The highest BCUT2D eigenvalue weighted by Crippen LogP contribution is 2.43. The fourth-order valence-electron chi connectivity index (χ4n) is 5.03. The predicted molar refractivity (Wildman–Crippen MR) is 232 cm³/mol. The summed E-state index contributed by atoms with van der Waals surface area (Å²) in [6, 6.07) is 0. The van der Waals surface area contributed by atoms with Crippen LogP contribution in [0.2, 0.25) is 0 Å². The molecule has 0 saturated carbocycles. The SMILES string of the molecule is CC/C=C\C/C=C\C/C=C\C/C=C\C/C=C\C/C=C\C/C=C\CCCC(=O)OC(COCCCCCCCC/C=C\CCCC)COP(=O)(O)OCC(O)CO. The number of hydrogen-bond acceptors (Lipinski definition) is 8. The van der Waals surface area contributed by atoms with Crippen molar-refractivity contribution in [2.75, 3.05) is 33.0 Å². The molecule has 3 unspecified atom stereocenters. The minimum Gasteiger partial charge on any atom is -0.457 e. The van der Waals surface area contributed by atoms with Crippen molar-refractivity contribution < 1.29 is 43.0 Å². The molecule has 320 valence electrons. The van der Waals surface area contributed by atoms with E-state index >= 15 is 0 Å². The number of allylic oxidation sites excluding steroid dienone is 16. The van der Waals surface area contributed by atoms with E-state index in [1.807, 2.05) is 6.08 Å². The van der Waals surface area contributed by atoms with Crippen molar-refractivity contribution in [3.63, 3.8) is 0 Å². The zero-order valence-electron chi connectivity index (χ0n) is 34.8. The van der Waals surface area contributed by atoms with E-state index in [1.165, 1.54) is 38.5 Å². The molecule has 0 aliphatic heterocycles.